The fourth-order valence-electron chi connectivity index (χ4n) is 4.78. The summed E-state index contributed by atoms with van der Waals surface area (Å²) in [5.41, 5.74) is 2.17. The van der Waals surface area contributed by atoms with Crippen molar-refractivity contribution in [1.82, 2.24) is 19.2 Å². The maximum Gasteiger partial charge on any atom is 0.243 e. The van der Waals surface area contributed by atoms with Crippen LogP contribution in [0.25, 0.3) is 10.9 Å². The number of sulfonamides is 1. The molecule has 0 spiro atoms. The molecule has 1 aliphatic rings. The molecule has 1 saturated heterocycles. The molecule has 0 aliphatic carbocycles. The number of methoxy groups -OCH3 is 1. The van der Waals surface area contributed by atoms with Crippen LogP contribution in [0.15, 0.2) is 83.8 Å². The molecule has 5 rings (SSSR count). The van der Waals surface area contributed by atoms with Gasteiger partial charge in [-0.3, -0.25) is 4.90 Å². The van der Waals surface area contributed by atoms with Crippen LogP contribution in [0.4, 0.5) is 5.82 Å². The molecular formula is C29H33N5O3S. The number of fused-ring (bicyclic) bond motifs is 1. The smallest absolute Gasteiger partial charge is 0.243 e. The molecule has 0 radical (unpaired) electrons. The Morgan fingerprint density at radius 1 is 0.895 bits per heavy atom. The van der Waals surface area contributed by atoms with Gasteiger partial charge < -0.3 is 10.1 Å². The molecule has 3 aromatic carbocycles. The monoisotopic (exact) mass is 531 g/mol. The van der Waals surface area contributed by atoms with Crippen molar-refractivity contribution in [3.63, 3.8) is 0 Å². The molecule has 1 aliphatic heterocycles. The van der Waals surface area contributed by atoms with E-state index in [2.05, 4.69) is 41.4 Å². The molecule has 0 saturated carbocycles. The maximum absolute atomic E-state index is 13.2. The van der Waals surface area contributed by atoms with Crippen LogP contribution in [0.2, 0.25) is 0 Å². The second kappa shape index (κ2) is 11.5. The zero-order valence-electron chi connectivity index (χ0n) is 21.7. The first-order valence-corrected chi connectivity index (χ1v) is 14.3. The van der Waals surface area contributed by atoms with Crippen molar-refractivity contribution in [1.29, 1.82) is 0 Å². The molecule has 9 heteroatoms. The molecule has 1 atom stereocenters. The summed E-state index contributed by atoms with van der Waals surface area (Å²) in [6, 6.07) is 24.9. The summed E-state index contributed by atoms with van der Waals surface area (Å²) in [6.45, 7) is 4.88. The summed E-state index contributed by atoms with van der Waals surface area (Å²) in [4.78, 5) is 12.3. The Morgan fingerprint density at radius 2 is 1.58 bits per heavy atom. The normalized spacial score (nSPS) is 15.8. The summed E-state index contributed by atoms with van der Waals surface area (Å²) in [5.74, 6) is 2.19. The second-order valence-electron chi connectivity index (χ2n) is 9.40. The zero-order valence-corrected chi connectivity index (χ0v) is 22.6. The van der Waals surface area contributed by atoms with Crippen LogP contribution in [0.1, 0.15) is 24.4 Å². The van der Waals surface area contributed by atoms with Gasteiger partial charge in [-0.15, -0.1) is 0 Å². The Bertz CT molecular complexity index is 1470. The van der Waals surface area contributed by atoms with Crippen molar-refractivity contribution in [3.05, 3.63) is 90.3 Å². The average molecular weight is 532 g/mol. The maximum atomic E-state index is 13.2. The van der Waals surface area contributed by atoms with Gasteiger partial charge in [0.25, 0.3) is 0 Å². The van der Waals surface area contributed by atoms with Crippen LogP contribution in [0.5, 0.6) is 5.75 Å². The molecule has 198 valence electrons. The van der Waals surface area contributed by atoms with Gasteiger partial charge in [0.1, 0.15) is 17.4 Å². The van der Waals surface area contributed by atoms with E-state index in [0.29, 0.717) is 31.9 Å². The van der Waals surface area contributed by atoms with Crippen LogP contribution in [0.3, 0.4) is 0 Å². The lowest BCUT2D eigenvalue weighted by molar-refractivity contribution is 0.141. The topological polar surface area (TPSA) is 87.7 Å². The van der Waals surface area contributed by atoms with Gasteiger partial charge in [-0.2, -0.15) is 4.31 Å². The fraction of sp³-hybridized carbons (Fsp3) is 0.310. The van der Waals surface area contributed by atoms with Crippen molar-refractivity contribution in [2.45, 2.75) is 24.3 Å². The van der Waals surface area contributed by atoms with E-state index >= 15 is 0 Å². The number of rotatable bonds is 9. The summed E-state index contributed by atoms with van der Waals surface area (Å²) in [6.07, 6.45) is 0.898. The third kappa shape index (κ3) is 5.65. The first-order valence-electron chi connectivity index (χ1n) is 12.9. The van der Waals surface area contributed by atoms with Crippen LogP contribution in [-0.2, 0) is 16.4 Å². The second-order valence-corrected chi connectivity index (χ2v) is 11.3. The van der Waals surface area contributed by atoms with Gasteiger partial charge >= 0.3 is 0 Å². The van der Waals surface area contributed by atoms with Crippen molar-refractivity contribution < 1.29 is 13.2 Å². The summed E-state index contributed by atoms with van der Waals surface area (Å²) in [5, 5.41) is 4.51. The SMILES string of the molecule is COc1ccc(S(=O)(=O)N2CCN(C(C)c3nc(NCCc4ccccc4)c4ccccc4n3)CC2)cc1. The van der Waals surface area contributed by atoms with Gasteiger partial charge in [0.05, 0.1) is 23.6 Å². The third-order valence-electron chi connectivity index (χ3n) is 7.06. The number of piperazine rings is 1. The van der Waals surface area contributed by atoms with E-state index in [-0.39, 0.29) is 10.9 Å². The Hall–Kier alpha value is -3.53. The first-order chi connectivity index (χ1) is 18.5. The molecule has 0 bridgehead atoms. The van der Waals surface area contributed by atoms with E-state index in [9.17, 15) is 8.42 Å². The largest absolute Gasteiger partial charge is 0.497 e. The molecule has 1 aromatic heterocycles. The lowest BCUT2D eigenvalue weighted by atomic mass is 10.1. The number of benzene rings is 3. The minimum absolute atomic E-state index is 0.0554. The van der Waals surface area contributed by atoms with Crippen LogP contribution < -0.4 is 10.1 Å². The number of hydrogen-bond donors (Lipinski definition) is 1. The minimum atomic E-state index is -3.56. The van der Waals surface area contributed by atoms with Gasteiger partial charge in [0, 0.05) is 38.1 Å². The standard InChI is InChI=1S/C29H33N5O3S/c1-22(33-18-20-34(21-19-33)38(35,36)25-14-12-24(37-2)13-15-25)28-31-27-11-7-6-10-26(27)29(32-28)30-17-16-23-8-4-3-5-9-23/h3-15,22H,16-21H2,1-2H3,(H,30,31,32). The fourth-order valence-corrected chi connectivity index (χ4v) is 6.20. The molecule has 1 unspecified atom stereocenters. The van der Waals surface area contributed by atoms with Crippen molar-refractivity contribution in [2.24, 2.45) is 0 Å². The van der Waals surface area contributed by atoms with Gasteiger partial charge in [-0.25, -0.2) is 18.4 Å². The Kier molecular flexibility index (Phi) is 7.87. The average Bonchev–Trinajstić information content (AvgIpc) is 2.97. The highest BCUT2D eigenvalue weighted by Crippen LogP contribution is 2.27. The highest BCUT2D eigenvalue weighted by molar-refractivity contribution is 7.89. The lowest BCUT2D eigenvalue weighted by Gasteiger charge is -2.36. The molecule has 0 amide bonds. The first kappa shape index (κ1) is 26.1. The lowest BCUT2D eigenvalue weighted by Crippen LogP contribution is -2.49. The number of nitrogens with zero attached hydrogens (tertiary/aromatic N) is 4. The number of nitrogens with one attached hydrogen (secondary N) is 1. The van der Waals surface area contributed by atoms with Gasteiger partial charge in [-0.05, 0) is 55.3 Å². The molecule has 2 heterocycles. The van der Waals surface area contributed by atoms with E-state index in [0.717, 1.165) is 35.5 Å². The van der Waals surface area contributed by atoms with E-state index in [1.54, 1.807) is 35.7 Å². The highest BCUT2D eigenvalue weighted by Gasteiger charge is 2.31. The Labute approximate surface area is 224 Å². The molecule has 8 nitrogen and oxygen atoms in total. The van der Waals surface area contributed by atoms with Gasteiger partial charge in [0.2, 0.25) is 10.0 Å². The summed E-state index contributed by atoms with van der Waals surface area (Å²) in [7, 11) is -2.00. The van der Waals surface area contributed by atoms with E-state index in [1.165, 1.54) is 5.56 Å². The zero-order chi connectivity index (χ0) is 26.5. The van der Waals surface area contributed by atoms with Crippen molar-refractivity contribution in [3.8, 4) is 5.75 Å². The number of ether oxygens (including phenoxy) is 1. The molecule has 4 aromatic rings. The third-order valence-corrected chi connectivity index (χ3v) is 8.97. The Balaban J connectivity index is 1.28. The van der Waals surface area contributed by atoms with Crippen molar-refractivity contribution >= 4 is 26.7 Å². The van der Waals surface area contributed by atoms with E-state index < -0.39 is 10.0 Å². The number of para-hydroxylation sites is 1. The predicted molar refractivity (Wildman–Crippen MR) is 150 cm³/mol. The van der Waals surface area contributed by atoms with Crippen LogP contribution in [0, 0.1) is 0 Å². The number of anilines is 1. The van der Waals surface area contributed by atoms with Gasteiger partial charge in [0.15, 0.2) is 0 Å². The summed E-state index contributed by atoms with van der Waals surface area (Å²) < 4.78 is 33.0. The summed E-state index contributed by atoms with van der Waals surface area (Å²) >= 11 is 0. The number of aromatic nitrogens is 2. The predicted octanol–water partition coefficient (Wildman–Crippen LogP) is 4.36. The van der Waals surface area contributed by atoms with Crippen LogP contribution >= 0.6 is 0 Å². The molecule has 38 heavy (non-hydrogen) atoms. The molecular weight excluding hydrogens is 498 g/mol. The molecule has 1 N–H and O–H groups in total. The van der Waals surface area contributed by atoms with Gasteiger partial charge in [-0.1, -0.05) is 42.5 Å². The quantitative estimate of drug-likeness (QED) is 0.343. The van der Waals surface area contributed by atoms with Crippen molar-refractivity contribution in [2.75, 3.05) is 45.2 Å². The van der Waals surface area contributed by atoms with Crippen LogP contribution in [-0.4, -0.2) is 67.4 Å². The van der Waals surface area contributed by atoms with E-state index in [4.69, 9.17) is 14.7 Å². The van der Waals surface area contributed by atoms with E-state index in [1.807, 2.05) is 30.3 Å². The minimum Gasteiger partial charge on any atom is -0.497 e. The number of hydrogen-bond acceptors (Lipinski definition) is 7. The molecule has 1 fully saturated rings. The Morgan fingerprint density at radius 3 is 2.29 bits per heavy atom. The highest BCUT2D eigenvalue weighted by atomic mass is 32.2.